The molecule has 146 valence electrons. The maximum Gasteiger partial charge on any atom is 0.230 e. The zero-order chi connectivity index (χ0) is 19.9. The van der Waals surface area contributed by atoms with Crippen LogP contribution in [0, 0.1) is 0 Å². The third-order valence-electron chi connectivity index (χ3n) is 4.36. The molecule has 0 saturated carbocycles. The van der Waals surface area contributed by atoms with Crippen molar-refractivity contribution < 1.29 is 9.53 Å². The number of hydrogen-bond donors (Lipinski definition) is 1. The van der Waals surface area contributed by atoms with Crippen LogP contribution in [-0.2, 0) is 11.2 Å². The van der Waals surface area contributed by atoms with E-state index >= 15 is 0 Å². The Morgan fingerprint density at radius 2 is 1.89 bits per heavy atom. The zero-order valence-corrected chi connectivity index (χ0v) is 16.9. The van der Waals surface area contributed by atoms with Crippen LogP contribution in [0.5, 0.6) is 5.75 Å². The van der Waals surface area contributed by atoms with Gasteiger partial charge < -0.3 is 10.1 Å². The van der Waals surface area contributed by atoms with Gasteiger partial charge in [-0.25, -0.2) is 0 Å². The van der Waals surface area contributed by atoms with Crippen LogP contribution < -0.4 is 10.1 Å². The third kappa shape index (κ3) is 4.89. The van der Waals surface area contributed by atoms with Gasteiger partial charge in [0.1, 0.15) is 5.75 Å². The molecule has 1 heterocycles. The Bertz CT molecular complexity index is 909. The molecule has 0 spiro atoms. The molecule has 1 aromatic heterocycles. The number of aromatic nitrogens is 4. The van der Waals surface area contributed by atoms with Crippen molar-refractivity contribution in [2.24, 2.45) is 0 Å². The lowest BCUT2D eigenvalue weighted by Gasteiger charge is -2.14. The number of methoxy groups -OCH3 is 1. The van der Waals surface area contributed by atoms with Crippen LogP contribution in [0.2, 0.25) is 0 Å². The van der Waals surface area contributed by atoms with Crippen molar-refractivity contribution in [3.63, 3.8) is 0 Å². The first-order valence-corrected chi connectivity index (χ1v) is 10.0. The second kappa shape index (κ2) is 9.36. The minimum Gasteiger partial charge on any atom is -0.497 e. The third-order valence-corrected chi connectivity index (χ3v) is 5.28. The molecule has 0 aliphatic heterocycles. The number of benzene rings is 2. The van der Waals surface area contributed by atoms with Crippen molar-refractivity contribution >= 4 is 17.7 Å². The van der Waals surface area contributed by atoms with Crippen molar-refractivity contribution in [2.45, 2.75) is 31.5 Å². The molecule has 3 rings (SSSR count). The van der Waals surface area contributed by atoms with Crippen LogP contribution in [0.25, 0.3) is 5.69 Å². The molecule has 7 nitrogen and oxygen atoms in total. The lowest BCUT2D eigenvalue weighted by Crippen LogP contribution is -2.28. The molecule has 1 amide bonds. The number of carbonyl (C=O) groups is 1. The monoisotopic (exact) mass is 397 g/mol. The molecular weight excluding hydrogens is 374 g/mol. The number of nitrogens with one attached hydrogen (secondary N) is 1. The first kappa shape index (κ1) is 19.9. The van der Waals surface area contributed by atoms with Crippen molar-refractivity contribution in [2.75, 3.05) is 12.9 Å². The summed E-state index contributed by atoms with van der Waals surface area (Å²) >= 11 is 1.29. The summed E-state index contributed by atoms with van der Waals surface area (Å²) in [4.78, 5) is 12.4. The molecule has 0 bridgehead atoms. The average Bonchev–Trinajstić information content (AvgIpc) is 3.21. The van der Waals surface area contributed by atoms with Gasteiger partial charge in [0, 0.05) is 0 Å². The van der Waals surface area contributed by atoms with Gasteiger partial charge in [0.05, 0.1) is 24.6 Å². The van der Waals surface area contributed by atoms with Gasteiger partial charge in [-0.05, 0) is 59.2 Å². The summed E-state index contributed by atoms with van der Waals surface area (Å²) in [6.07, 6.45) is 1.00. The summed E-state index contributed by atoms with van der Waals surface area (Å²) in [5.41, 5.74) is 3.17. The Labute approximate surface area is 168 Å². The molecule has 1 N–H and O–H groups in total. The number of hydrogen-bond acceptors (Lipinski definition) is 6. The highest BCUT2D eigenvalue weighted by atomic mass is 32.2. The molecule has 0 fully saturated rings. The lowest BCUT2D eigenvalue weighted by molar-refractivity contribution is -0.119. The maximum atomic E-state index is 12.4. The largest absolute Gasteiger partial charge is 0.497 e. The number of thioether (sulfide) groups is 1. The minimum absolute atomic E-state index is 0.0587. The Balaban J connectivity index is 1.58. The molecule has 0 radical (unpaired) electrons. The van der Waals surface area contributed by atoms with E-state index in [1.807, 2.05) is 31.2 Å². The number of rotatable bonds is 8. The van der Waals surface area contributed by atoms with Gasteiger partial charge in [0.2, 0.25) is 11.1 Å². The van der Waals surface area contributed by atoms with Crippen LogP contribution >= 0.6 is 11.8 Å². The molecule has 3 aromatic rings. The fourth-order valence-corrected chi connectivity index (χ4v) is 3.39. The van der Waals surface area contributed by atoms with Crippen LogP contribution in [-0.4, -0.2) is 39.0 Å². The quantitative estimate of drug-likeness (QED) is 0.588. The summed E-state index contributed by atoms with van der Waals surface area (Å²) in [5.74, 6) is 0.918. The van der Waals surface area contributed by atoms with Gasteiger partial charge in [-0.15, -0.1) is 5.10 Å². The van der Waals surface area contributed by atoms with E-state index in [-0.39, 0.29) is 17.7 Å². The van der Waals surface area contributed by atoms with Crippen LogP contribution in [0.4, 0.5) is 0 Å². The van der Waals surface area contributed by atoms with E-state index in [1.165, 1.54) is 17.3 Å². The molecule has 2 aromatic carbocycles. The highest BCUT2D eigenvalue weighted by Crippen LogP contribution is 2.21. The van der Waals surface area contributed by atoms with Gasteiger partial charge >= 0.3 is 0 Å². The number of ether oxygens (including phenoxy) is 1. The van der Waals surface area contributed by atoms with Gasteiger partial charge in [0.25, 0.3) is 0 Å². The standard InChI is InChI=1S/C20H23N5O2S/c1-4-15-5-7-16(8-6-15)14(2)21-19(26)13-28-20-22-23-24-25(20)17-9-11-18(27-3)12-10-17/h5-12,14H,4,13H2,1-3H3,(H,21,26). The summed E-state index contributed by atoms with van der Waals surface area (Å²) in [5, 5.41) is 15.3. The van der Waals surface area contributed by atoms with E-state index in [0.29, 0.717) is 5.16 Å². The van der Waals surface area contributed by atoms with Crippen LogP contribution in [0.1, 0.15) is 31.0 Å². The number of carbonyl (C=O) groups excluding carboxylic acids is 1. The number of tetrazole rings is 1. The molecule has 0 aliphatic rings. The summed E-state index contributed by atoms with van der Waals surface area (Å²) in [6, 6.07) is 15.6. The lowest BCUT2D eigenvalue weighted by atomic mass is 10.1. The Morgan fingerprint density at radius 3 is 2.54 bits per heavy atom. The van der Waals surface area contributed by atoms with E-state index in [1.54, 1.807) is 11.8 Å². The van der Waals surface area contributed by atoms with Gasteiger partial charge in [-0.1, -0.05) is 43.0 Å². The average molecular weight is 398 g/mol. The fraction of sp³-hybridized carbons (Fsp3) is 0.300. The fourth-order valence-electron chi connectivity index (χ4n) is 2.69. The first-order chi connectivity index (χ1) is 13.6. The highest BCUT2D eigenvalue weighted by Gasteiger charge is 2.14. The summed E-state index contributed by atoms with van der Waals surface area (Å²) < 4.78 is 6.76. The molecule has 1 atom stereocenters. The minimum atomic E-state index is -0.0682. The van der Waals surface area contributed by atoms with Crippen molar-refractivity contribution in [3.05, 3.63) is 59.7 Å². The second-order valence-electron chi connectivity index (χ2n) is 6.24. The maximum absolute atomic E-state index is 12.4. The van der Waals surface area contributed by atoms with E-state index in [2.05, 4.69) is 52.0 Å². The predicted octanol–water partition coefficient (Wildman–Crippen LogP) is 3.20. The van der Waals surface area contributed by atoms with Gasteiger partial charge in [-0.3, -0.25) is 4.79 Å². The van der Waals surface area contributed by atoms with Gasteiger partial charge in [0.15, 0.2) is 0 Å². The first-order valence-electron chi connectivity index (χ1n) is 9.04. The number of nitrogens with zero attached hydrogens (tertiary/aromatic N) is 4. The molecular formula is C20H23N5O2S. The van der Waals surface area contributed by atoms with Crippen LogP contribution in [0.3, 0.4) is 0 Å². The van der Waals surface area contributed by atoms with E-state index in [4.69, 9.17) is 4.74 Å². The molecule has 1 unspecified atom stereocenters. The summed E-state index contributed by atoms with van der Waals surface area (Å²) in [7, 11) is 1.62. The Kier molecular flexibility index (Phi) is 6.65. The highest BCUT2D eigenvalue weighted by molar-refractivity contribution is 7.99. The molecule has 28 heavy (non-hydrogen) atoms. The van der Waals surface area contributed by atoms with E-state index in [0.717, 1.165) is 23.4 Å². The summed E-state index contributed by atoms with van der Waals surface area (Å²) in [6.45, 7) is 4.10. The van der Waals surface area contributed by atoms with Crippen molar-refractivity contribution in [3.8, 4) is 11.4 Å². The Morgan fingerprint density at radius 1 is 1.18 bits per heavy atom. The molecule has 0 saturated heterocycles. The van der Waals surface area contributed by atoms with Crippen molar-refractivity contribution in [1.29, 1.82) is 0 Å². The van der Waals surface area contributed by atoms with E-state index in [9.17, 15) is 4.79 Å². The smallest absolute Gasteiger partial charge is 0.230 e. The topological polar surface area (TPSA) is 81.9 Å². The predicted molar refractivity (Wildman–Crippen MR) is 109 cm³/mol. The molecule has 0 aliphatic carbocycles. The van der Waals surface area contributed by atoms with Crippen LogP contribution in [0.15, 0.2) is 53.7 Å². The Hall–Kier alpha value is -2.87. The second-order valence-corrected chi connectivity index (χ2v) is 7.19. The zero-order valence-electron chi connectivity index (χ0n) is 16.1. The SMILES string of the molecule is CCc1ccc(C(C)NC(=O)CSc2nnnn2-c2ccc(OC)cc2)cc1. The van der Waals surface area contributed by atoms with Gasteiger partial charge in [-0.2, -0.15) is 4.68 Å². The number of aryl methyl sites for hydroxylation is 1. The normalized spacial score (nSPS) is 11.8. The molecule has 8 heteroatoms. The van der Waals surface area contributed by atoms with Crippen molar-refractivity contribution in [1.82, 2.24) is 25.5 Å². The van der Waals surface area contributed by atoms with E-state index < -0.39 is 0 Å². The number of amides is 1.